The third-order valence-electron chi connectivity index (χ3n) is 1.94. The molecule has 2 rings (SSSR count). The van der Waals surface area contributed by atoms with Crippen molar-refractivity contribution in [2.24, 2.45) is 0 Å². The van der Waals surface area contributed by atoms with E-state index in [1.165, 1.54) is 0 Å². The van der Waals surface area contributed by atoms with Crippen molar-refractivity contribution in [2.75, 3.05) is 6.61 Å². The second kappa shape index (κ2) is 1.72. The summed E-state index contributed by atoms with van der Waals surface area (Å²) in [6, 6.07) is 0. The van der Waals surface area contributed by atoms with E-state index in [9.17, 15) is 4.79 Å². The first-order valence-corrected chi connectivity index (χ1v) is 3.32. The summed E-state index contributed by atoms with van der Waals surface area (Å²) >= 11 is 0. The van der Waals surface area contributed by atoms with E-state index in [1.54, 1.807) is 0 Å². The van der Waals surface area contributed by atoms with Crippen LogP contribution in [0.1, 0.15) is 12.8 Å². The van der Waals surface area contributed by atoms with Gasteiger partial charge >= 0.3 is 5.97 Å². The Balaban J connectivity index is 2.34. The lowest BCUT2D eigenvalue weighted by Gasteiger charge is -1.97. The molecule has 1 aliphatic heterocycles. The zero-order valence-electron chi connectivity index (χ0n) is 5.64. The Labute approximate surface area is 59.2 Å². The van der Waals surface area contributed by atoms with Gasteiger partial charge in [-0.2, -0.15) is 0 Å². The predicted molar refractivity (Wildman–Crippen MR) is 36.4 cm³/mol. The molecule has 1 aliphatic carbocycles. The summed E-state index contributed by atoms with van der Waals surface area (Å²) in [5, 5.41) is 0. The Morgan fingerprint density at radius 3 is 2.90 bits per heavy atom. The Bertz CT molecular complexity index is 248. The zero-order valence-corrected chi connectivity index (χ0v) is 5.64. The van der Waals surface area contributed by atoms with Crippen molar-refractivity contribution in [3.8, 4) is 0 Å². The van der Waals surface area contributed by atoms with Crippen LogP contribution in [0.25, 0.3) is 0 Å². The predicted octanol–water partition coefficient (Wildman–Crippen LogP) is 1.19. The molecule has 1 heterocycles. The number of hydrogen-bond donors (Lipinski definition) is 0. The van der Waals surface area contributed by atoms with E-state index in [2.05, 4.69) is 6.58 Å². The van der Waals surface area contributed by atoms with Gasteiger partial charge in [-0.3, -0.25) is 0 Å². The first kappa shape index (κ1) is 5.71. The molecule has 0 spiro atoms. The number of ether oxygens (including phenoxy) is 1. The molecule has 0 unspecified atom stereocenters. The second-order valence-electron chi connectivity index (χ2n) is 2.76. The van der Waals surface area contributed by atoms with Gasteiger partial charge in [0.05, 0.1) is 0 Å². The molecule has 0 fully saturated rings. The third-order valence-corrected chi connectivity index (χ3v) is 1.94. The molecule has 2 nitrogen and oxygen atoms in total. The van der Waals surface area contributed by atoms with Gasteiger partial charge in [0, 0.05) is 12.0 Å². The maximum absolute atomic E-state index is 10.9. The van der Waals surface area contributed by atoms with Crippen LogP contribution in [0.4, 0.5) is 0 Å². The molecule has 0 radical (unpaired) electrons. The van der Waals surface area contributed by atoms with Gasteiger partial charge in [-0.05, 0) is 12.0 Å². The quantitative estimate of drug-likeness (QED) is 0.369. The lowest BCUT2D eigenvalue weighted by molar-refractivity contribution is -0.136. The van der Waals surface area contributed by atoms with E-state index in [-0.39, 0.29) is 5.97 Å². The third kappa shape index (κ3) is 0.618. The van der Waals surface area contributed by atoms with Gasteiger partial charge in [-0.1, -0.05) is 12.2 Å². The molecule has 0 atom stereocenters. The van der Waals surface area contributed by atoms with Crippen LogP contribution in [0.2, 0.25) is 0 Å². The van der Waals surface area contributed by atoms with Crippen molar-refractivity contribution in [1.29, 1.82) is 0 Å². The van der Waals surface area contributed by atoms with Crippen LogP contribution in [0.15, 0.2) is 23.3 Å². The fourth-order valence-corrected chi connectivity index (χ4v) is 1.44. The normalized spacial score (nSPS) is 23.6. The van der Waals surface area contributed by atoms with E-state index < -0.39 is 0 Å². The largest absolute Gasteiger partial charge is 0.458 e. The highest BCUT2D eigenvalue weighted by molar-refractivity contribution is 5.93. The Hall–Kier alpha value is -1.05. The van der Waals surface area contributed by atoms with Crippen LogP contribution in [0.3, 0.4) is 0 Å². The summed E-state index contributed by atoms with van der Waals surface area (Å²) in [6.07, 6.45) is 1.62. The molecule has 0 bridgehead atoms. The van der Waals surface area contributed by atoms with Crippen LogP contribution in [0, 0.1) is 0 Å². The van der Waals surface area contributed by atoms with Crippen LogP contribution in [0.5, 0.6) is 0 Å². The number of allylic oxidation sites excluding steroid dienone is 1. The summed E-state index contributed by atoms with van der Waals surface area (Å²) in [4.78, 5) is 10.9. The highest BCUT2D eigenvalue weighted by Crippen LogP contribution is 2.34. The van der Waals surface area contributed by atoms with Crippen LogP contribution in [-0.2, 0) is 9.53 Å². The van der Waals surface area contributed by atoms with E-state index in [1.807, 2.05) is 0 Å². The molecule has 0 aromatic heterocycles. The molecular formula is C8H8O2. The molecule has 0 aromatic rings. The van der Waals surface area contributed by atoms with Gasteiger partial charge in [0.1, 0.15) is 6.61 Å². The van der Waals surface area contributed by atoms with Gasteiger partial charge in [0.25, 0.3) is 0 Å². The Kier molecular flexibility index (Phi) is 0.982. The fourth-order valence-electron chi connectivity index (χ4n) is 1.44. The smallest absolute Gasteiger partial charge is 0.334 e. The molecule has 0 N–H and O–H groups in total. The average molecular weight is 136 g/mol. The van der Waals surface area contributed by atoms with Crippen LogP contribution < -0.4 is 0 Å². The number of esters is 1. The zero-order chi connectivity index (χ0) is 7.14. The van der Waals surface area contributed by atoms with Crippen molar-refractivity contribution in [3.63, 3.8) is 0 Å². The van der Waals surface area contributed by atoms with E-state index in [4.69, 9.17) is 4.74 Å². The minimum Gasteiger partial charge on any atom is -0.458 e. The molecule has 2 aliphatic rings. The van der Waals surface area contributed by atoms with Crippen molar-refractivity contribution < 1.29 is 9.53 Å². The van der Waals surface area contributed by atoms with E-state index >= 15 is 0 Å². The van der Waals surface area contributed by atoms with Gasteiger partial charge in [-0.15, -0.1) is 0 Å². The van der Waals surface area contributed by atoms with Crippen molar-refractivity contribution in [3.05, 3.63) is 23.3 Å². The second-order valence-corrected chi connectivity index (χ2v) is 2.76. The summed E-state index contributed by atoms with van der Waals surface area (Å²) < 4.78 is 4.81. The maximum Gasteiger partial charge on any atom is 0.334 e. The average Bonchev–Trinajstić information content (AvgIpc) is 2.35. The lowest BCUT2D eigenvalue weighted by Crippen LogP contribution is -1.99. The molecule has 2 heteroatoms. The fraction of sp³-hybridized carbons (Fsp3) is 0.375. The monoisotopic (exact) mass is 136 g/mol. The molecule has 0 aromatic carbocycles. The minimum atomic E-state index is -0.131. The van der Waals surface area contributed by atoms with Crippen molar-refractivity contribution in [2.45, 2.75) is 12.8 Å². The highest BCUT2D eigenvalue weighted by atomic mass is 16.5. The van der Waals surface area contributed by atoms with Gasteiger partial charge < -0.3 is 4.74 Å². The Morgan fingerprint density at radius 1 is 1.40 bits per heavy atom. The van der Waals surface area contributed by atoms with Gasteiger partial charge in [0.2, 0.25) is 0 Å². The minimum absolute atomic E-state index is 0.131. The summed E-state index contributed by atoms with van der Waals surface area (Å²) in [5.74, 6) is -0.131. The first-order valence-electron chi connectivity index (χ1n) is 3.32. The number of carbonyl (C=O) groups excluding carboxylic acids is 1. The highest BCUT2D eigenvalue weighted by Gasteiger charge is 2.29. The number of cyclic esters (lactones) is 1. The summed E-state index contributed by atoms with van der Waals surface area (Å²) in [6.45, 7) is 4.33. The van der Waals surface area contributed by atoms with Crippen LogP contribution >= 0.6 is 0 Å². The van der Waals surface area contributed by atoms with Gasteiger partial charge in [-0.25, -0.2) is 4.79 Å². The Morgan fingerprint density at radius 2 is 2.20 bits per heavy atom. The standard InChI is InChI=1S/C8H8O2/c1-5-2-6-4-10-8(9)7(6)3-5/h1-4H2. The van der Waals surface area contributed by atoms with Crippen molar-refractivity contribution in [1.82, 2.24) is 0 Å². The molecular weight excluding hydrogens is 128 g/mol. The van der Waals surface area contributed by atoms with Gasteiger partial charge in [0.15, 0.2) is 0 Å². The number of hydrogen-bond acceptors (Lipinski definition) is 2. The number of rotatable bonds is 0. The maximum atomic E-state index is 10.9. The summed E-state index contributed by atoms with van der Waals surface area (Å²) in [7, 11) is 0. The molecule has 0 saturated heterocycles. The summed E-state index contributed by atoms with van der Waals surface area (Å²) in [5.41, 5.74) is 3.15. The van der Waals surface area contributed by atoms with Crippen LogP contribution in [-0.4, -0.2) is 12.6 Å². The molecule has 10 heavy (non-hydrogen) atoms. The molecule has 52 valence electrons. The van der Waals surface area contributed by atoms with Crippen molar-refractivity contribution >= 4 is 5.97 Å². The molecule has 0 saturated carbocycles. The van der Waals surface area contributed by atoms with E-state index in [0.717, 1.165) is 29.6 Å². The number of carbonyl (C=O) groups is 1. The molecule has 0 amide bonds. The van der Waals surface area contributed by atoms with E-state index in [0.29, 0.717) is 6.61 Å². The SMILES string of the molecule is C=C1CC2=C(C1)C(=O)OC2. The first-order chi connectivity index (χ1) is 4.77. The topological polar surface area (TPSA) is 26.3 Å². The lowest BCUT2D eigenvalue weighted by atomic mass is 10.2.